The van der Waals surface area contributed by atoms with Crippen molar-refractivity contribution < 1.29 is 8.95 Å². The van der Waals surface area contributed by atoms with E-state index in [1.165, 1.54) is 5.56 Å². The summed E-state index contributed by atoms with van der Waals surface area (Å²) in [4.78, 5) is 4.92. The van der Waals surface area contributed by atoms with Crippen LogP contribution < -0.4 is 5.73 Å². The fourth-order valence-corrected chi connectivity index (χ4v) is 5.49. The van der Waals surface area contributed by atoms with Crippen LogP contribution in [0.2, 0.25) is 5.02 Å². The summed E-state index contributed by atoms with van der Waals surface area (Å²) in [6.45, 7) is 3.42. The summed E-state index contributed by atoms with van der Waals surface area (Å²) >= 11 is 6.05. The smallest absolute Gasteiger partial charge is 0.135 e. The van der Waals surface area contributed by atoms with Gasteiger partial charge in [-0.1, -0.05) is 23.7 Å². The third-order valence-electron chi connectivity index (χ3n) is 6.14. The molecule has 1 unspecified atom stereocenters. The molecular weight excluding hydrogens is 493 g/mol. The van der Waals surface area contributed by atoms with Crippen molar-refractivity contribution in [2.45, 2.75) is 43.9 Å². The molecule has 0 bridgehead atoms. The number of nitrogens with zero attached hydrogens (tertiary/aromatic N) is 4. The highest BCUT2D eigenvalue weighted by Crippen LogP contribution is 2.26. The first kappa shape index (κ1) is 27.3. The highest BCUT2D eigenvalue weighted by molar-refractivity contribution is 7.84. The summed E-state index contributed by atoms with van der Waals surface area (Å²) in [7, 11) is -0.861. The molecule has 3 aliphatic heterocycles. The van der Waals surface area contributed by atoms with E-state index in [9.17, 15) is 4.21 Å². The molecule has 3 heterocycles. The first-order chi connectivity index (χ1) is 14.5. The molecule has 2 saturated heterocycles. The number of hydrogen-bond donors (Lipinski definition) is 1. The van der Waals surface area contributed by atoms with E-state index < -0.39 is 10.8 Å². The highest BCUT2D eigenvalue weighted by atomic mass is 35.5. The molecule has 32 heavy (non-hydrogen) atoms. The summed E-state index contributed by atoms with van der Waals surface area (Å²) < 4.78 is 17.9. The zero-order chi connectivity index (χ0) is 21.1. The molecule has 0 aromatic heterocycles. The predicted molar refractivity (Wildman–Crippen MR) is 137 cm³/mol. The summed E-state index contributed by atoms with van der Waals surface area (Å²) in [6.07, 6.45) is 5.50. The van der Waals surface area contributed by atoms with Gasteiger partial charge in [-0.05, 0) is 37.0 Å². The SMILES string of the molecule is CS(=O)C[C@H]1CN(C2CCN(C3=NN=C(N)C3)CC2)[C@@H](Cc2ccc(Cl)cc2)CO1.Cl.Cl. The van der Waals surface area contributed by atoms with Crippen LogP contribution in [0.5, 0.6) is 0 Å². The molecule has 4 rings (SSSR count). The fourth-order valence-electron chi connectivity index (χ4n) is 4.64. The molecule has 3 atom stereocenters. The van der Waals surface area contributed by atoms with Crippen LogP contribution in [-0.4, -0.2) is 82.1 Å². The zero-order valence-corrected chi connectivity index (χ0v) is 21.4. The Morgan fingerprint density at radius 3 is 2.47 bits per heavy atom. The number of amidine groups is 2. The maximum atomic E-state index is 11.8. The number of rotatable bonds is 5. The van der Waals surface area contributed by atoms with Gasteiger partial charge in [-0.15, -0.1) is 35.0 Å². The standard InChI is InChI=1S/C21H30ClN5O2S.2ClH/c1-30(28)14-19-12-27(18(13-29-19)10-15-2-4-16(22)5-3-15)17-6-8-26(9-7-17)21-11-20(23)24-25-21;;/h2-5,17-19H,6-14H2,1H3,(H2,23,24);2*1H/t18-,19+,30?;;/m0../s1. The Morgan fingerprint density at radius 2 is 1.88 bits per heavy atom. The Kier molecular flexibility index (Phi) is 10.7. The molecule has 180 valence electrons. The molecule has 0 radical (unpaired) electrons. The van der Waals surface area contributed by atoms with E-state index in [0.29, 0.717) is 36.7 Å². The largest absolute Gasteiger partial charge is 0.385 e. The maximum absolute atomic E-state index is 11.8. The number of nitrogens with two attached hydrogens (primary N) is 1. The molecule has 1 aromatic carbocycles. The van der Waals surface area contributed by atoms with Crippen molar-refractivity contribution in [1.82, 2.24) is 9.80 Å². The van der Waals surface area contributed by atoms with Gasteiger partial charge in [-0.25, -0.2) is 0 Å². The molecule has 7 nitrogen and oxygen atoms in total. The molecule has 3 aliphatic rings. The molecule has 0 aliphatic carbocycles. The van der Waals surface area contributed by atoms with Crippen molar-refractivity contribution in [1.29, 1.82) is 0 Å². The van der Waals surface area contributed by atoms with Gasteiger partial charge in [0.05, 0.1) is 24.9 Å². The molecule has 0 spiro atoms. The second-order valence-corrected chi connectivity index (χ2v) is 10.3. The number of morpholine rings is 1. The van der Waals surface area contributed by atoms with Crippen LogP contribution in [0.15, 0.2) is 34.5 Å². The second kappa shape index (κ2) is 12.5. The minimum absolute atomic E-state index is 0. The summed E-state index contributed by atoms with van der Waals surface area (Å²) in [5.74, 6) is 2.18. The lowest BCUT2D eigenvalue weighted by molar-refractivity contribution is -0.0761. The number of likely N-dealkylation sites (tertiary alicyclic amines) is 1. The molecule has 2 N–H and O–H groups in total. The number of halogens is 3. The first-order valence-corrected chi connectivity index (χ1v) is 12.6. The van der Waals surface area contributed by atoms with Crippen LogP contribution >= 0.6 is 36.4 Å². The monoisotopic (exact) mass is 523 g/mol. The van der Waals surface area contributed by atoms with Crippen LogP contribution in [-0.2, 0) is 22.0 Å². The highest BCUT2D eigenvalue weighted by Gasteiger charge is 2.36. The van der Waals surface area contributed by atoms with Gasteiger partial charge in [-0.2, -0.15) is 0 Å². The van der Waals surface area contributed by atoms with Crippen LogP contribution in [0.25, 0.3) is 0 Å². The van der Waals surface area contributed by atoms with Gasteiger partial charge >= 0.3 is 0 Å². The minimum atomic E-state index is -0.861. The van der Waals surface area contributed by atoms with E-state index in [1.54, 1.807) is 6.26 Å². The summed E-state index contributed by atoms with van der Waals surface area (Å²) in [5, 5.41) is 8.96. The third kappa shape index (κ3) is 7.05. The summed E-state index contributed by atoms with van der Waals surface area (Å²) in [6, 6.07) is 8.88. The quantitative estimate of drug-likeness (QED) is 0.640. The first-order valence-electron chi connectivity index (χ1n) is 10.5. The maximum Gasteiger partial charge on any atom is 0.135 e. The lowest BCUT2D eigenvalue weighted by atomic mass is 9.96. The molecule has 0 saturated carbocycles. The zero-order valence-electron chi connectivity index (χ0n) is 18.2. The van der Waals surface area contributed by atoms with E-state index in [1.807, 2.05) is 12.1 Å². The number of ether oxygens (including phenoxy) is 1. The number of hydrogen-bond acceptors (Lipinski definition) is 7. The second-order valence-electron chi connectivity index (χ2n) is 8.38. The molecule has 1 aromatic rings. The van der Waals surface area contributed by atoms with E-state index in [4.69, 9.17) is 22.1 Å². The normalized spacial score (nSPS) is 25.4. The summed E-state index contributed by atoms with van der Waals surface area (Å²) in [5.41, 5.74) is 7.05. The van der Waals surface area contributed by atoms with Crippen LogP contribution in [0, 0.1) is 0 Å². The van der Waals surface area contributed by atoms with Crippen LogP contribution in [0.1, 0.15) is 24.8 Å². The van der Waals surface area contributed by atoms with Crippen LogP contribution in [0.4, 0.5) is 0 Å². The van der Waals surface area contributed by atoms with E-state index in [0.717, 1.165) is 49.8 Å². The van der Waals surface area contributed by atoms with E-state index in [-0.39, 0.29) is 30.9 Å². The minimum Gasteiger partial charge on any atom is -0.385 e. The molecule has 0 amide bonds. The van der Waals surface area contributed by atoms with Gasteiger partial charge in [-0.3, -0.25) is 9.11 Å². The van der Waals surface area contributed by atoms with Gasteiger partial charge < -0.3 is 15.4 Å². The number of benzene rings is 1. The molecule has 11 heteroatoms. The van der Waals surface area contributed by atoms with Crippen LogP contribution in [0.3, 0.4) is 0 Å². The van der Waals surface area contributed by atoms with E-state index in [2.05, 4.69) is 32.1 Å². The molecular formula is C21H32Cl3N5O2S. The average molecular weight is 525 g/mol. The topological polar surface area (TPSA) is 83.5 Å². The lowest BCUT2D eigenvalue weighted by Gasteiger charge is -2.47. The van der Waals surface area contributed by atoms with Crippen molar-refractivity contribution in [2.75, 3.05) is 38.2 Å². The van der Waals surface area contributed by atoms with Gasteiger partial charge in [0.1, 0.15) is 11.7 Å². The third-order valence-corrected chi connectivity index (χ3v) is 7.24. The van der Waals surface area contributed by atoms with Crippen molar-refractivity contribution in [3.8, 4) is 0 Å². The predicted octanol–water partition coefficient (Wildman–Crippen LogP) is 2.71. The van der Waals surface area contributed by atoms with Gasteiger partial charge in [0.25, 0.3) is 0 Å². The Bertz CT molecular complexity index is 831. The number of piperidine rings is 1. The van der Waals surface area contributed by atoms with Gasteiger partial charge in [0.15, 0.2) is 0 Å². The van der Waals surface area contributed by atoms with Crippen molar-refractivity contribution >= 4 is 58.9 Å². The van der Waals surface area contributed by atoms with Gasteiger partial charge in [0, 0.05) is 53.8 Å². The fraction of sp³-hybridized carbons (Fsp3) is 0.619. The average Bonchev–Trinajstić information content (AvgIpc) is 3.17. The Balaban J connectivity index is 0.00000181. The Labute approximate surface area is 210 Å². The van der Waals surface area contributed by atoms with Gasteiger partial charge in [0.2, 0.25) is 0 Å². The molecule has 2 fully saturated rings. The Morgan fingerprint density at radius 1 is 1.19 bits per heavy atom. The Hall–Kier alpha value is -0.900. The van der Waals surface area contributed by atoms with E-state index >= 15 is 0 Å². The van der Waals surface area contributed by atoms with Crippen molar-refractivity contribution in [2.24, 2.45) is 15.9 Å². The van der Waals surface area contributed by atoms with Crippen molar-refractivity contribution in [3.05, 3.63) is 34.9 Å². The van der Waals surface area contributed by atoms with Crippen molar-refractivity contribution in [3.63, 3.8) is 0 Å². The lowest BCUT2D eigenvalue weighted by Crippen LogP contribution is -2.58.